The van der Waals surface area contributed by atoms with Gasteiger partial charge in [-0.15, -0.1) is 11.8 Å². The lowest BCUT2D eigenvalue weighted by Gasteiger charge is -1.90. The topological polar surface area (TPSA) is 102 Å². The number of pyridine rings is 2. The van der Waals surface area contributed by atoms with Crippen LogP contribution in [0, 0.1) is 81.1 Å². The van der Waals surface area contributed by atoms with Gasteiger partial charge in [-0.2, -0.15) is 0 Å². The van der Waals surface area contributed by atoms with Crippen molar-refractivity contribution in [1.29, 1.82) is 0 Å². The van der Waals surface area contributed by atoms with E-state index in [4.69, 9.17) is 0 Å². The first-order chi connectivity index (χ1) is 26.6. The molecule has 8 heteroatoms. The lowest BCUT2D eigenvalue weighted by molar-refractivity contribution is 1.03. The van der Waals surface area contributed by atoms with Crippen LogP contribution in [0.1, 0.15) is 98.0 Å². The second-order valence-electron chi connectivity index (χ2n) is 11.9. The monoisotopic (exact) mass is 761 g/mol. The number of allylic oxidation sites excluding steroid dienone is 2. The molecule has 5 rings (SSSR count). The molecular formula is C48H72N8. The van der Waals surface area contributed by atoms with Gasteiger partial charge in [0.15, 0.2) is 0 Å². The van der Waals surface area contributed by atoms with Gasteiger partial charge >= 0.3 is 0 Å². The van der Waals surface area contributed by atoms with Gasteiger partial charge in [-0.25, -0.2) is 19.9 Å². The highest BCUT2D eigenvalue weighted by atomic mass is 14.8. The molecule has 0 unspecified atom stereocenters. The number of benzene rings is 1. The van der Waals surface area contributed by atoms with E-state index in [1.54, 1.807) is 26.5 Å². The number of hydrogen-bond acceptors (Lipinski definition) is 8. The molecule has 0 bridgehead atoms. The summed E-state index contributed by atoms with van der Waals surface area (Å²) in [5, 5.41) is 0. The molecule has 0 saturated carbocycles. The van der Waals surface area contributed by atoms with Gasteiger partial charge in [-0.1, -0.05) is 59.7 Å². The molecule has 0 amide bonds. The Labute approximate surface area is 342 Å². The summed E-state index contributed by atoms with van der Waals surface area (Å²) >= 11 is 0. The summed E-state index contributed by atoms with van der Waals surface area (Å²) < 4.78 is 0. The molecule has 0 aliphatic carbocycles. The maximum absolute atomic E-state index is 4.08. The van der Waals surface area contributed by atoms with Crippen LogP contribution in [0.5, 0.6) is 0 Å². The van der Waals surface area contributed by atoms with E-state index in [2.05, 4.69) is 102 Å². The van der Waals surface area contributed by atoms with Crippen LogP contribution in [0.4, 0.5) is 0 Å². The maximum Gasteiger partial charge on any atom is 0.125 e. The average Bonchev–Trinajstić information content (AvgIpc) is 3.21. The Morgan fingerprint density at radius 1 is 0.375 bits per heavy atom. The summed E-state index contributed by atoms with van der Waals surface area (Å²) in [6.45, 7) is 31.3. The summed E-state index contributed by atoms with van der Waals surface area (Å²) in [6.07, 6.45) is 18.5. The fraction of sp³-hybridized carbons (Fsp3) is 0.375. The second-order valence-corrected chi connectivity index (χ2v) is 11.9. The minimum absolute atomic E-state index is 0.829. The Bertz CT molecular complexity index is 1310. The highest BCUT2D eigenvalue weighted by Gasteiger charge is 1.84. The molecule has 0 saturated heterocycles. The van der Waals surface area contributed by atoms with Crippen molar-refractivity contribution in [3.8, 4) is 11.8 Å². The van der Waals surface area contributed by atoms with Crippen molar-refractivity contribution in [2.24, 2.45) is 9.98 Å². The number of rotatable bonds is 0. The second kappa shape index (κ2) is 42.1. The van der Waals surface area contributed by atoms with E-state index >= 15 is 0 Å². The third-order valence-electron chi connectivity index (χ3n) is 6.26. The lowest BCUT2D eigenvalue weighted by atomic mass is 10.2. The largest absolute Gasteiger partial charge is 0.301 e. The van der Waals surface area contributed by atoms with Crippen LogP contribution < -0.4 is 0 Å². The van der Waals surface area contributed by atoms with Gasteiger partial charge in [0, 0.05) is 62.7 Å². The molecular weight excluding hydrogens is 689 g/mol. The summed E-state index contributed by atoms with van der Waals surface area (Å²) in [7, 11) is 3.50. The zero-order valence-corrected chi connectivity index (χ0v) is 38.0. The summed E-state index contributed by atoms with van der Waals surface area (Å²) in [6, 6.07) is 16.6. The number of hydrogen-bond donors (Lipinski definition) is 0. The van der Waals surface area contributed by atoms with Crippen molar-refractivity contribution in [3.05, 3.63) is 154 Å². The predicted octanol–water partition coefficient (Wildman–Crippen LogP) is 11.9. The average molecular weight is 761 g/mol. The third-order valence-corrected chi connectivity index (χ3v) is 6.26. The van der Waals surface area contributed by atoms with Crippen LogP contribution in [0.2, 0.25) is 0 Å². The Morgan fingerprint density at radius 3 is 0.750 bits per heavy atom. The van der Waals surface area contributed by atoms with Crippen LogP contribution in [0.25, 0.3) is 0 Å². The molecule has 4 heterocycles. The van der Waals surface area contributed by atoms with Gasteiger partial charge in [0.05, 0.1) is 0 Å². The molecule has 0 radical (unpaired) electrons. The molecule has 1 aromatic carbocycles. The Balaban J connectivity index is -0.000000277. The molecule has 0 atom stereocenters. The van der Waals surface area contributed by atoms with Gasteiger partial charge in [-0.3, -0.25) is 9.97 Å². The highest BCUT2D eigenvalue weighted by molar-refractivity contribution is 5.52. The molecule has 304 valence electrons. The highest BCUT2D eigenvalue weighted by Crippen LogP contribution is 1.99. The van der Waals surface area contributed by atoms with E-state index in [1.165, 1.54) is 22.3 Å². The molecule has 8 nitrogen and oxygen atoms in total. The molecule has 0 aliphatic rings. The first kappa shape index (κ1) is 57.0. The van der Waals surface area contributed by atoms with Crippen LogP contribution in [-0.4, -0.2) is 56.4 Å². The normalized spacial score (nSPS) is 8.89. The summed E-state index contributed by atoms with van der Waals surface area (Å²) in [5.41, 5.74) is 9.47. The van der Waals surface area contributed by atoms with Gasteiger partial charge in [0.1, 0.15) is 11.6 Å². The fourth-order valence-corrected chi connectivity index (χ4v) is 2.63. The Hall–Kier alpha value is -5.68. The SMILES string of the molecule is CC#CC.CC=CC.CC=NC.CC=NC.Cc1ccc(C)cc1.Cc1ccc(C)nc1.Cc1ccc(C)nc1.Cc1cnc(C)nc1.Cc1cnc(C)nc1. The zero-order valence-electron chi connectivity index (χ0n) is 38.0. The van der Waals surface area contributed by atoms with E-state index < -0.39 is 0 Å². The number of nitrogens with zero attached hydrogens (tertiary/aromatic N) is 8. The number of aromatic nitrogens is 6. The van der Waals surface area contributed by atoms with Crippen molar-refractivity contribution in [2.45, 2.75) is 111 Å². The van der Waals surface area contributed by atoms with Crippen molar-refractivity contribution in [1.82, 2.24) is 29.9 Å². The fourth-order valence-electron chi connectivity index (χ4n) is 2.63. The zero-order chi connectivity index (χ0) is 43.6. The Kier molecular flexibility index (Phi) is 42.9. The van der Waals surface area contributed by atoms with E-state index in [-0.39, 0.29) is 0 Å². The van der Waals surface area contributed by atoms with E-state index in [0.717, 1.165) is 34.2 Å². The van der Waals surface area contributed by atoms with Crippen molar-refractivity contribution in [2.75, 3.05) is 14.1 Å². The van der Waals surface area contributed by atoms with E-state index in [0.29, 0.717) is 0 Å². The lowest BCUT2D eigenvalue weighted by Crippen LogP contribution is -1.84. The molecule has 0 N–H and O–H groups in total. The minimum Gasteiger partial charge on any atom is -0.301 e. The molecule has 56 heavy (non-hydrogen) atoms. The molecule has 5 aromatic rings. The van der Waals surface area contributed by atoms with Gasteiger partial charge in [-0.05, 0) is 158 Å². The smallest absolute Gasteiger partial charge is 0.125 e. The quantitative estimate of drug-likeness (QED) is 0.0884. The summed E-state index contributed by atoms with van der Waals surface area (Å²) in [5.74, 6) is 7.02. The van der Waals surface area contributed by atoms with E-state index in [1.807, 2.05) is 158 Å². The van der Waals surface area contributed by atoms with Crippen molar-refractivity contribution in [3.63, 3.8) is 0 Å². The van der Waals surface area contributed by atoms with Crippen LogP contribution in [0.3, 0.4) is 0 Å². The maximum atomic E-state index is 4.08. The Morgan fingerprint density at radius 2 is 0.607 bits per heavy atom. The molecule has 4 aromatic heterocycles. The van der Waals surface area contributed by atoms with Gasteiger partial charge in [0.25, 0.3) is 0 Å². The van der Waals surface area contributed by atoms with Crippen LogP contribution in [0.15, 0.2) is 108 Å². The molecule has 0 fully saturated rings. The van der Waals surface area contributed by atoms with Crippen molar-refractivity contribution >= 4 is 12.4 Å². The van der Waals surface area contributed by atoms with Crippen molar-refractivity contribution < 1.29 is 0 Å². The number of aryl methyl sites for hydroxylation is 10. The summed E-state index contributed by atoms with van der Waals surface area (Å²) in [4.78, 5) is 31.2. The predicted molar refractivity (Wildman–Crippen MR) is 246 cm³/mol. The first-order valence-electron chi connectivity index (χ1n) is 18.6. The number of aliphatic imine (C=N–C) groups is 2. The van der Waals surface area contributed by atoms with Crippen LogP contribution >= 0.6 is 0 Å². The standard InChI is InChI=1S/C8H10.2C7H9N.2C6H8N2.C4H8.C4H6.2C3H7N/c1-7-3-5-8(2)6-4-7;2*1-6-3-4-7(2)8-5-6;2*1-5-3-7-6(2)8-4-5;4*1-3-4-2/h3-6H,1-2H3;2*3-5H,1-2H3;2*3-4H,1-2H3;3-4H,1-2H3;1-2H3;2*3H,1-2H3. The first-order valence-corrected chi connectivity index (χ1v) is 18.6. The molecule has 0 aliphatic heterocycles. The van der Waals surface area contributed by atoms with Crippen LogP contribution in [-0.2, 0) is 0 Å². The van der Waals surface area contributed by atoms with Gasteiger partial charge < -0.3 is 9.98 Å². The van der Waals surface area contributed by atoms with E-state index in [9.17, 15) is 0 Å². The molecule has 0 spiro atoms. The third kappa shape index (κ3) is 46.3. The minimum atomic E-state index is 0.829. The van der Waals surface area contributed by atoms with Gasteiger partial charge in [0.2, 0.25) is 0 Å².